The number of rotatable bonds is 3. The minimum atomic E-state index is -0.836. The fourth-order valence-electron chi connectivity index (χ4n) is 1.30. The normalized spacial score (nSPS) is 14.9. The Balaban J connectivity index is 2.51. The molecule has 7 heteroatoms. The SMILES string of the molecule is O=[N+]([O-])c1cc(Cl)c(F)c(Cl)c1NC1CC1. The molecule has 16 heavy (non-hydrogen) atoms. The van der Waals surface area contributed by atoms with E-state index in [0.717, 1.165) is 18.9 Å². The molecular formula is C9H7Cl2FN2O2. The maximum Gasteiger partial charge on any atom is 0.295 e. The Kier molecular flexibility index (Phi) is 2.90. The maximum atomic E-state index is 13.4. The van der Waals surface area contributed by atoms with Crippen LogP contribution in [0.1, 0.15) is 12.8 Å². The second-order valence-electron chi connectivity index (χ2n) is 3.56. The Morgan fingerprint density at radius 1 is 1.50 bits per heavy atom. The summed E-state index contributed by atoms with van der Waals surface area (Å²) in [5, 5.41) is 12.9. The lowest BCUT2D eigenvalue weighted by Crippen LogP contribution is -2.06. The van der Waals surface area contributed by atoms with Crippen LogP contribution in [0.3, 0.4) is 0 Å². The van der Waals surface area contributed by atoms with Crippen LogP contribution in [-0.2, 0) is 0 Å². The average molecular weight is 265 g/mol. The van der Waals surface area contributed by atoms with Crippen LogP contribution < -0.4 is 5.32 Å². The third kappa shape index (κ3) is 2.05. The molecule has 0 radical (unpaired) electrons. The van der Waals surface area contributed by atoms with E-state index >= 15 is 0 Å². The van der Waals surface area contributed by atoms with Crippen molar-refractivity contribution >= 4 is 34.6 Å². The van der Waals surface area contributed by atoms with Gasteiger partial charge in [0.05, 0.1) is 9.95 Å². The molecule has 1 aromatic carbocycles. The molecule has 0 aliphatic heterocycles. The number of hydrogen-bond acceptors (Lipinski definition) is 3. The van der Waals surface area contributed by atoms with Crippen LogP contribution in [-0.4, -0.2) is 11.0 Å². The number of hydrogen-bond donors (Lipinski definition) is 1. The largest absolute Gasteiger partial charge is 0.375 e. The number of anilines is 1. The third-order valence-corrected chi connectivity index (χ3v) is 2.89. The fraction of sp³-hybridized carbons (Fsp3) is 0.333. The lowest BCUT2D eigenvalue weighted by molar-refractivity contribution is -0.384. The van der Waals surface area contributed by atoms with E-state index in [2.05, 4.69) is 5.32 Å². The molecular weight excluding hydrogens is 258 g/mol. The molecule has 1 N–H and O–H groups in total. The molecule has 2 rings (SSSR count). The summed E-state index contributed by atoms with van der Waals surface area (Å²) in [4.78, 5) is 10.1. The second-order valence-corrected chi connectivity index (χ2v) is 4.34. The highest BCUT2D eigenvalue weighted by Gasteiger charge is 2.29. The molecule has 0 heterocycles. The Bertz CT molecular complexity index is 463. The Hall–Kier alpha value is -1.07. The van der Waals surface area contributed by atoms with Crippen molar-refractivity contribution in [1.29, 1.82) is 0 Å². The van der Waals surface area contributed by atoms with Gasteiger partial charge in [-0.1, -0.05) is 23.2 Å². The van der Waals surface area contributed by atoms with Crippen molar-refractivity contribution < 1.29 is 9.31 Å². The number of nitrogens with zero attached hydrogens (tertiary/aromatic N) is 1. The Morgan fingerprint density at radius 3 is 2.62 bits per heavy atom. The van der Waals surface area contributed by atoms with E-state index in [1.54, 1.807) is 0 Å². The zero-order valence-electron chi connectivity index (χ0n) is 7.97. The standard InChI is InChI=1S/C9H7Cl2FN2O2/c10-5-3-6(14(15)16)9(7(11)8(5)12)13-4-1-2-4/h3-4,13H,1-2H2. The number of nitrogens with one attached hydrogen (secondary N) is 1. The minimum Gasteiger partial charge on any atom is -0.375 e. The van der Waals surface area contributed by atoms with Crippen molar-refractivity contribution in [2.45, 2.75) is 18.9 Å². The third-order valence-electron chi connectivity index (χ3n) is 2.26. The molecule has 0 amide bonds. The van der Waals surface area contributed by atoms with Gasteiger partial charge in [0.25, 0.3) is 5.69 Å². The number of benzene rings is 1. The quantitative estimate of drug-likeness (QED) is 0.516. The summed E-state index contributed by atoms with van der Waals surface area (Å²) in [7, 11) is 0. The van der Waals surface area contributed by atoms with Crippen LogP contribution in [0.15, 0.2) is 6.07 Å². The smallest absolute Gasteiger partial charge is 0.295 e. The van der Waals surface area contributed by atoms with Gasteiger partial charge in [-0.25, -0.2) is 4.39 Å². The summed E-state index contributed by atoms with van der Waals surface area (Å²) < 4.78 is 13.4. The number of halogens is 3. The van der Waals surface area contributed by atoms with Crippen LogP contribution in [0.2, 0.25) is 10.0 Å². The highest BCUT2D eigenvalue weighted by molar-refractivity contribution is 6.37. The van der Waals surface area contributed by atoms with Gasteiger partial charge in [0.2, 0.25) is 0 Å². The molecule has 0 atom stereocenters. The molecule has 1 aliphatic carbocycles. The van der Waals surface area contributed by atoms with E-state index in [-0.39, 0.29) is 27.5 Å². The van der Waals surface area contributed by atoms with E-state index in [0.29, 0.717) is 0 Å². The van der Waals surface area contributed by atoms with Gasteiger partial charge in [-0.15, -0.1) is 0 Å². The zero-order valence-corrected chi connectivity index (χ0v) is 9.48. The van der Waals surface area contributed by atoms with E-state index in [9.17, 15) is 14.5 Å². The highest BCUT2D eigenvalue weighted by Crippen LogP contribution is 2.40. The summed E-state index contributed by atoms with van der Waals surface area (Å²) in [6, 6.07) is 1.10. The first-order valence-electron chi connectivity index (χ1n) is 4.59. The van der Waals surface area contributed by atoms with E-state index in [1.165, 1.54) is 0 Å². The van der Waals surface area contributed by atoms with E-state index in [1.807, 2.05) is 0 Å². The van der Waals surface area contributed by atoms with Crippen molar-refractivity contribution in [3.8, 4) is 0 Å². The lowest BCUT2D eigenvalue weighted by Gasteiger charge is -2.09. The topological polar surface area (TPSA) is 55.2 Å². The molecule has 1 saturated carbocycles. The summed E-state index contributed by atoms with van der Waals surface area (Å²) in [5.74, 6) is -0.836. The summed E-state index contributed by atoms with van der Waals surface area (Å²) in [6.07, 6.45) is 1.80. The van der Waals surface area contributed by atoms with Crippen molar-refractivity contribution in [2.75, 3.05) is 5.32 Å². The summed E-state index contributed by atoms with van der Waals surface area (Å²) >= 11 is 11.2. The summed E-state index contributed by atoms with van der Waals surface area (Å²) in [5.41, 5.74) is -0.292. The van der Waals surface area contributed by atoms with Crippen molar-refractivity contribution in [3.05, 3.63) is 32.0 Å². The highest BCUT2D eigenvalue weighted by atomic mass is 35.5. The van der Waals surface area contributed by atoms with Gasteiger partial charge >= 0.3 is 0 Å². The first-order valence-corrected chi connectivity index (χ1v) is 5.34. The summed E-state index contributed by atoms with van der Waals surface area (Å²) in [6.45, 7) is 0. The van der Waals surface area contributed by atoms with Crippen molar-refractivity contribution in [1.82, 2.24) is 0 Å². The van der Waals surface area contributed by atoms with Crippen LogP contribution in [0, 0.1) is 15.9 Å². The molecule has 4 nitrogen and oxygen atoms in total. The van der Waals surface area contributed by atoms with Crippen LogP contribution in [0.4, 0.5) is 15.8 Å². The predicted molar refractivity (Wildman–Crippen MR) is 59.7 cm³/mol. The molecule has 1 aromatic rings. The predicted octanol–water partition coefficient (Wildman–Crippen LogP) is 3.62. The maximum absolute atomic E-state index is 13.4. The Labute approximate surface area is 100 Å². The van der Waals surface area contributed by atoms with Crippen LogP contribution in [0.5, 0.6) is 0 Å². The molecule has 0 unspecified atom stereocenters. The van der Waals surface area contributed by atoms with Gasteiger partial charge < -0.3 is 5.32 Å². The fourth-order valence-corrected chi connectivity index (χ4v) is 1.80. The molecule has 1 aliphatic rings. The van der Waals surface area contributed by atoms with Gasteiger partial charge in [0.15, 0.2) is 5.82 Å². The van der Waals surface area contributed by atoms with E-state index < -0.39 is 10.7 Å². The molecule has 86 valence electrons. The Morgan fingerprint density at radius 2 is 2.12 bits per heavy atom. The van der Waals surface area contributed by atoms with E-state index in [4.69, 9.17) is 23.2 Å². The molecule has 0 bridgehead atoms. The number of nitro benzene ring substituents is 1. The molecule has 1 fully saturated rings. The van der Waals surface area contributed by atoms with Crippen molar-refractivity contribution in [3.63, 3.8) is 0 Å². The zero-order chi connectivity index (χ0) is 11.9. The first kappa shape index (κ1) is 11.4. The van der Waals surface area contributed by atoms with Gasteiger partial charge in [-0.3, -0.25) is 10.1 Å². The average Bonchev–Trinajstić information content (AvgIpc) is 3.02. The molecule has 0 aromatic heterocycles. The second kappa shape index (κ2) is 4.07. The lowest BCUT2D eigenvalue weighted by atomic mass is 10.2. The van der Waals surface area contributed by atoms with Gasteiger partial charge in [0, 0.05) is 12.1 Å². The van der Waals surface area contributed by atoms with Crippen LogP contribution >= 0.6 is 23.2 Å². The van der Waals surface area contributed by atoms with Gasteiger partial charge in [-0.05, 0) is 12.8 Å². The van der Waals surface area contributed by atoms with Gasteiger partial charge in [0.1, 0.15) is 10.7 Å². The molecule has 0 spiro atoms. The van der Waals surface area contributed by atoms with Gasteiger partial charge in [-0.2, -0.15) is 0 Å². The number of nitro groups is 1. The van der Waals surface area contributed by atoms with Crippen molar-refractivity contribution in [2.24, 2.45) is 0 Å². The minimum absolute atomic E-state index is 0.0102. The monoisotopic (exact) mass is 264 g/mol. The molecule has 0 saturated heterocycles. The first-order chi connectivity index (χ1) is 7.50. The van der Waals surface area contributed by atoms with Crippen LogP contribution in [0.25, 0.3) is 0 Å².